The molecular weight excluding hydrogens is 252 g/mol. The van der Waals surface area contributed by atoms with Crippen LogP contribution in [0.5, 0.6) is 0 Å². The summed E-state index contributed by atoms with van der Waals surface area (Å²) in [7, 11) is 1.89. The molecule has 0 aliphatic heterocycles. The Kier molecular flexibility index (Phi) is 4.65. The highest BCUT2D eigenvalue weighted by Gasteiger charge is 2.22. The van der Waals surface area contributed by atoms with Gasteiger partial charge in [-0.05, 0) is 38.5 Å². The Bertz CT molecular complexity index is 398. The fourth-order valence-electron chi connectivity index (χ4n) is 2.51. The summed E-state index contributed by atoms with van der Waals surface area (Å²) in [5.41, 5.74) is 1.79. The topological polar surface area (TPSA) is 47.3 Å². The number of hydrogen-bond acceptors (Lipinski definition) is 3. The molecule has 0 amide bonds. The molecule has 1 aromatic heterocycles. The highest BCUT2D eigenvalue weighted by atomic mass is 35.5. The number of aliphatic hydroxyl groups excluding tert-OH is 1. The summed E-state index contributed by atoms with van der Waals surface area (Å²) in [6, 6.07) is 0. The Morgan fingerprint density at radius 2 is 2.06 bits per heavy atom. The van der Waals surface area contributed by atoms with Crippen molar-refractivity contribution in [1.29, 1.82) is 0 Å². The van der Waals surface area contributed by atoms with Crippen molar-refractivity contribution >= 4 is 11.6 Å². The average molecular weight is 273 g/mol. The standard InChI is InChI=1S/C13H21ClN2O2/c1-9-13(14)12(16(2)15-9)8-18-11-5-3-10(7-17)4-6-11/h10-11,17H,3-8H2,1-2H3. The molecule has 0 atom stereocenters. The third kappa shape index (κ3) is 3.05. The lowest BCUT2D eigenvalue weighted by Gasteiger charge is -2.27. The van der Waals surface area contributed by atoms with Gasteiger partial charge in [-0.15, -0.1) is 0 Å². The summed E-state index contributed by atoms with van der Waals surface area (Å²) >= 11 is 6.18. The van der Waals surface area contributed by atoms with Crippen LogP contribution in [0.3, 0.4) is 0 Å². The van der Waals surface area contributed by atoms with Gasteiger partial charge in [0.1, 0.15) is 0 Å². The Morgan fingerprint density at radius 3 is 2.56 bits per heavy atom. The van der Waals surface area contributed by atoms with Gasteiger partial charge in [-0.2, -0.15) is 5.10 Å². The van der Waals surface area contributed by atoms with Gasteiger partial charge in [0.2, 0.25) is 0 Å². The van der Waals surface area contributed by atoms with Crippen molar-refractivity contribution in [2.24, 2.45) is 13.0 Å². The second kappa shape index (κ2) is 6.04. The van der Waals surface area contributed by atoms with E-state index in [4.69, 9.17) is 21.4 Å². The normalized spacial score (nSPS) is 24.4. The van der Waals surface area contributed by atoms with Crippen molar-refractivity contribution in [3.8, 4) is 0 Å². The van der Waals surface area contributed by atoms with Crippen LogP contribution in [0.2, 0.25) is 5.02 Å². The summed E-state index contributed by atoms with van der Waals surface area (Å²) in [5.74, 6) is 0.465. The zero-order valence-electron chi connectivity index (χ0n) is 11.0. The van der Waals surface area contributed by atoms with Crippen molar-refractivity contribution in [2.75, 3.05) is 6.61 Å². The highest BCUT2D eigenvalue weighted by molar-refractivity contribution is 6.31. The van der Waals surface area contributed by atoms with Gasteiger partial charge in [0, 0.05) is 13.7 Å². The minimum Gasteiger partial charge on any atom is -0.396 e. The molecule has 0 aromatic carbocycles. The predicted molar refractivity (Wildman–Crippen MR) is 70.6 cm³/mol. The smallest absolute Gasteiger partial charge is 0.0903 e. The molecule has 0 saturated heterocycles. The van der Waals surface area contributed by atoms with E-state index in [2.05, 4.69) is 5.10 Å². The van der Waals surface area contributed by atoms with Crippen LogP contribution < -0.4 is 0 Å². The highest BCUT2D eigenvalue weighted by Crippen LogP contribution is 2.27. The third-order valence-corrected chi connectivity index (χ3v) is 4.26. The van der Waals surface area contributed by atoms with Gasteiger partial charge < -0.3 is 9.84 Å². The second-order valence-corrected chi connectivity index (χ2v) is 5.48. The molecular formula is C13H21ClN2O2. The van der Waals surface area contributed by atoms with Crippen molar-refractivity contribution in [3.05, 3.63) is 16.4 Å². The van der Waals surface area contributed by atoms with Gasteiger partial charge >= 0.3 is 0 Å². The molecule has 1 aliphatic rings. The van der Waals surface area contributed by atoms with Gasteiger partial charge in [-0.1, -0.05) is 11.6 Å². The number of ether oxygens (including phenoxy) is 1. The molecule has 0 radical (unpaired) electrons. The molecule has 0 bridgehead atoms. The van der Waals surface area contributed by atoms with E-state index in [1.807, 2.05) is 14.0 Å². The molecule has 0 unspecified atom stereocenters. The maximum Gasteiger partial charge on any atom is 0.0903 e. The van der Waals surface area contributed by atoms with Crippen LogP contribution in [0.1, 0.15) is 37.1 Å². The zero-order valence-corrected chi connectivity index (χ0v) is 11.8. The monoisotopic (exact) mass is 272 g/mol. The molecule has 1 fully saturated rings. The lowest BCUT2D eigenvalue weighted by atomic mass is 9.88. The zero-order chi connectivity index (χ0) is 13.1. The van der Waals surface area contributed by atoms with Crippen LogP contribution in [0, 0.1) is 12.8 Å². The van der Waals surface area contributed by atoms with Gasteiger partial charge in [0.05, 0.1) is 29.1 Å². The number of aromatic nitrogens is 2. The van der Waals surface area contributed by atoms with E-state index in [0.717, 1.165) is 37.1 Å². The van der Waals surface area contributed by atoms with Crippen molar-refractivity contribution in [1.82, 2.24) is 9.78 Å². The van der Waals surface area contributed by atoms with Crippen molar-refractivity contribution < 1.29 is 9.84 Å². The second-order valence-electron chi connectivity index (χ2n) is 5.11. The average Bonchev–Trinajstić information content (AvgIpc) is 2.62. The number of nitrogens with zero attached hydrogens (tertiary/aromatic N) is 2. The number of aliphatic hydroxyl groups is 1. The fourth-order valence-corrected chi connectivity index (χ4v) is 2.73. The maximum absolute atomic E-state index is 9.09. The number of hydrogen-bond donors (Lipinski definition) is 1. The van der Waals surface area contributed by atoms with Crippen LogP contribution in [0.4, 0.5) is 0 Å². The first kappa shape index (κ1) is 13.8. The molecule has 102 valence electrons. The summed E-state index contributed by atoms with van der Waals surface area (Å²) in [6.45, 7) is 2.72. The predicted octanol–water partition coefficient (Wildman–Crippen LogP) is 2.45. The van der Waals surface area contributed by atoms with E-state index in [1.54, 1.807) is 4.68 Å². The van der Waals surface area contributed by atoms with E-state index in [-0.39, 0.29) is 0 Å². The molecule has 1 aromatic rings. The minimum absolute atomic E-state index is 0.291. The minimum atomic E-state index is 0.291. The number of halogens is 1. The Hall–Kier alpha value is -0.580. The summed E-state index contributed by atoms with van der Waals surface area (Å²) in [5, 5.41) is 14.1. The van der Waals surface area contributed by atoms with Crippen LogP contribution in [0.15, 0.2) is 0 Å². The number of aryl methyl sites for hydroxylation is 2. The van der Waals surface area contributed by atoms with Gasteiger partial charge in [-0.3, -0.25) is 4.68 Å². The van der Waals surface area contributed by atoms with E-state index < -0.39 is 0 Å². The Labute approximate surface area is 113 Å². The van der Waals surface area contributed by atoms with Crippen LogP contribution in [-0.2, 0) is 18.4 Å². The van der Waals surface area contributed by atoms with Crippen LogP contribution in [0.25, 0.3) is 0 Å². The Morgan fingerprint density at radius 1 is 1.39 bits per heavy atom. The van der Waals surface area contributed by atoms with E-state index in [9.17, 15) is 0 Å². The summed E-state index contributed by atoms with van der Waals surface area (Å²) < 4.78 is 7.70. The SMILES string of the molecule is Cc1nn(C)c(COC2CCC(CO)CC2)c1Cl. The molecule has 5 heteroatoms. The molecule has 18 heavy (non-hydrogen) atoms. The fraction of sp³-hybridized carbons (Fsp3) is 0.769. The third-order valence-electron chi connectivity index (χ3n) is 3.77. The largest absolute Gasteiger partial charge is 0.396 e. The first-order valence-corrected chi connectivity index (χ1v) is 6.90. The lowest BCUT2D eigenvalue weighted by molar-refractivity contribution is -0.00125. The van der Waals surface area contributed by atoms with E-state index in [0.29, 0.717) is 30.3 Å². The molecule has 4 nitrogen and oxygen atoms in total. The van der Waals surface area contributed by atoms with Gasteiger partial charge in [0.15, 0.2) is 0 Å². The quantitative estimate of drug-likeness (QED) is 0.916. The molecule has 1 saturated carbocycles. The molecule has 1 aliphatic carbocycles. The van der Waals surface area contributed by atoms with Crippen molar-refractivity contribution in [2.45, 2.75) is 45.3 Å². The van der Waals surface area contributed by atoms with Gasteiger partial charge in [-0.25, -0.2) is 0 Å². The van der Waals surface area contributed by atoms with E-state index >= 15 is 0 Å². The summed E-state index contributed by atoms with van der Waals surface area (Å²) in [6.07, 6.45) is 4.46. The molecule has 0 spiro atoms. The molecule has 1 heterocycles. The molecule has 2 rings (SSSR count). The first-order valence-electron chi connectivity index (χ1n) is 6.52. The molecule has 1 N–H and O–H groups in total. The van der Waals surface area contributed by atoms with Crippen LogP contribution in [-0.4, -0.2) is 27.6 Å². The maximum atomic E-state index is 9.09. The van der Waals surface area contributed by atoms with E-state index in [1.165, 1.54) is 0 Å². The Balaban J connectivity index is 1.85. The summed E-state index contributed by atoms with van der Waals surface area (Å²) in [4.78, 5) is 0. The first-order chi connectivity index (χ1) is 8.61. The number of rotatable bonds is 4. The van der Waals surface area contributed by atoms with Crippen molar-refractivity contribution in [3.63, 3.8) is 0 Å². The van der Waals surface area contributed by atoms with Gasteiger partial charge in [0.25, 0.3) is 0 Å². The lowest BCUT2D eigenvalue weighted by Crippen LogP contribution is -2.23. The van der Waals surface area contributed by atoms with Crippen LogP contribution >= 0.6 is 11.6 Å².